The third-order valence-electron chi connectivity index (χ3n) is 1.31. The van der Waals surface area contributed by atoms with Gasteiger partial charge in [0.25, 0.3) is 5.83 Å². The highest BCUT2D eigenvalue weighted by Crippen LogP contribution is 2.43. The number of halogens is 10. The molecule has 0 radical (unpaired) electrons. The fourth-order valence-corrected chi connectivity index (χ4v) is 0.541. The fraction of sp³-hybridized carbons (Fsp3) is 0.500. The Bertz CT molecular complexity index is 367. The van der Waals surface area contributed by atoms with E-state index in [1.54, 1.807) is 0 Å². The Kier molecular flexibility index (Phi) is 4.39. The summed E-state index contributed by atoms with van der Waals surface area (Å²) in [5, 5.41) is 0. The number of rotatable bonds is 4. The van der Waals surface area contributed by atoms with Crippen LogP contribution in [0.2, 0.25) is 0 Å². The lowest BCUT2D eigenvalue weighted by Crippen LogP contribution is -2.52. The molecule has 0 aliphatic heterocycles. The molecule has 0 N–H and O–H groups in total. The molecule has 0 rings (SSSR count). The summed E-state index contributed by atoms with van der Waals surface area (Å²) >= 11 is 0. The van der Waals surface area contributed by atoms with Crippen molar-refractivity contribution in [1.82, 2.24) is 0 Å². The van der Waals surface area contributed by atoms with Crippen LogP contribution in [0, 0.1) is 0 Å². The SMILES string of the molecule is O=C(F)C(F)(OC(F)(F)C(F)=C(F)F)C(F)(F)F. The van der Waals surface area contributed by atoms with Gasteiger partial charge in [-0.1, -0.05) is 0 Å². The molecule has 0 spiro atoms. The molecular formula is C6F10O2. The van der Waals surface area contributed by atoms with Gasteiger partial charge >= 0.3 is 30.3 Å². The Balaban J connectivity index is 5.53. The molecule has 0 amide bonds. The topological polar surface area (TPSA) is 26.3 Å². The average molecular weight is 294 g/mol. The molecule has 0 aromatic carbocycles. The van der Waals surface area contributed by atoms with Gasteiger partial charge in [-0.25, -0.2) is 0 Å². The van der Waals surface area contributed by atoms with Gasteiger partial charge in [-0.3, -0.25) is 9.53 Å². The Morgan fingerprint density at radius 1 is 0.833 bits per heavy atom. The zero-order chi connectivity index (χ0) is 14.9. The van der Waals surface area contributed by atoms with E-state index in [2.05, 4.69) is 0 Å². The van der Waals surface area contributed by atoms with E-state index >= 15 is 0 Å². The van der Waals surface area contributed by atoms with Crippen molar-refractivity contribution in [1.29, 1.82) is 0 Å². The number of carbonyl (C=O) groups is 1. The minimum absolute atomic E-state index is 1.91. The highest BCUT2D eigenvalue weighted by Gasteiger charge is 2.69. The second-order valence-corrected chi connectivity index (χ2v) is 2.56. The number of hydrogen-bond donors (Lipinski definition) is 0. The van der Waals surface area contributed by atoms with Gasteiger partial charge in [-0.15, -0.1) is 0 Å². The summed E-state index contributed by atoms with van der Waals surface area (Å²) in [4.78, 5) is 9.64. The van der Waals surface area contributed by atoms with E-state index in [1.807, 2.05) is 4.74 Å². The number of ether oxygens (including phenoxy) is 1. The molecule has 0 saturated carbocycles. The van der Waals surface area contributed by atoms with Gasteiger partial charge < -0.3 is 0 Å². The molecule has 0 aliphatic rings. The first-order valence-electron chi connectivity index (χ1n) is 3.50. The lowest BCUT2D eigenvalue weighted by molar-refractivity contribution is -0.389. The van der Waals surface area contributed by atoms with Crippen LogP contribution in [0.5, 0.6) is 0 Å². The molecule has 12 heteroatoms. The summed E-state index contributed by atoms with van der Waals surface area (Å²) in [5.41, 5.74) is 0. The molecule has 0 bridgehead atoms. The van der Waals surface area contributed by atoms with Crippen molar-refractivity contribution in [3.8, 4) is 0 Å². The lowest BCUT2D eigenvalue weighted by Gasteiger charge is -2.26. The van der Waals surface area contributed by atoms with Crippen molar-refractivity contribution in [2.24, 2.45) is 0 Å². The Morgan fingerprint density at radius 2 is 1.22 bits per heavy atom. The molecule has 0 heterocycles. The first kappa shape index (κ1) is 16.7. The van der Waals surface area contributed by atoms with Crippen LogP contribution < -0.4 is 0 Å². The van der Waals surface area contributed by atoms with Crippen molar-refractivity contribution >= 4 is 6.04 Å². The van der Waals surface area contributed by atoms with Crippen LogP contribution in [0.25, 0.3) is 0 Å². The molecule has 0 fully saturated rings. The smallest absolute Gasteiger partial charge is 0.260 e. The van der Waals surface area contributed by atoms with E-state index < -0.39 is 36.1 Å². The predicted molar refractivity (Wildman–Crippen MR) is 32.4 cm³/mol. The van der Waals surface area contributed by atoms with Gasteiger partial charge in [0.15, 0.2) is 0 Å². The zero-order valence-electron chi connectivity index (χ0n) is 7.60. The third-order valence-corrected chi connectivity index (χ3v) is 1.31. The van der Waals surface area contributed by atoms with E-state index in [1.165, 1.54) is 0 Å². The summed E-state index contributed by atoms with van der Waals surface area (Å²) in [6.45, 7) is 0. The predicted octanol–water partition coefficient (Wildman–Crippen LogP) is 3.40. The molecule has 1 atom stereocenters. The molecule has 0 saturated heterocycles. The largest absolute Gasteiger partial charge is 0.459 e. The van der Waals surface area contributed by atoms with Crippen LogP contribution in [0.15, 0.2) is 11.9 Å². The van der Waals surface area contributed by atoms with Crippen molar-refractivity contribution in [3.05, 3.63) is 11.9 Å². The monoisotopic (exact) mass is 294 g/mol. The first-order valence-corrected chi connectivity index (χ1v) is 3.50. The molecule has 0 aromatic rings. The molecule has 18 heavy (non-hydrogen) atoms. The Labute approximate surface area is 90.8 Å². The van der Waals surface area contributed by atoms with Gasteiger partial charge in [0.05, 0.1) is 0 Å². The van der Waals surface area contributed by atoms with E-state index in [0.717, 1.165) is 0 Å². The highest BCUT2D eigenvalue weighted by molar-refractivity contribution is 5.77. The fourth-order valence-electron chi connectivity index (χ4n) is 0.541. The highest BCUT2D eigenvalue weighted by atomic mass is 19.4. The second-order valence-electron chi connectivity index (χ2n) is 2.56. The molecule has 0 aromatic heterocycles. The quantitative estimate of drug-likeness (QED) is 0.587. The van der Waals surface area contributed by atoms with Crippen LogP contribution in [-0.2, 0) is 9.53 Å². The normalized spacial score (nSPS) is 16.1. The Hall–Kier alpha value is -1.33. The maximum absolute atomic E-state index is 12.6. The second kappa shape index (κ2) is 4.74. The average Bonchev–Trinajstić information content (AvgIpc) is 2.13. The van der Waals surface area contributed by atoms with Crippen LogP contribution >= 0.6 is 0 Å². The summed E-state index contributed by atoms with van der Waals surface area (Å²) < 4.78 is 121. The van der Waals surface area contributed by atoms with Crippen molar-refractivity contribution in [2.45, 2.75) is 18.1 Å². The minimum Gasteiger partial charge on any atom is -0.260 e. The van der Waals surface area contributed by atoms with Crippen LogP contribution in [0.4, 0.5) is 43.9 Å². The molecular weight excluding hydrogens is 294 g/mol. The first-order chi connectivity index (χ1) is 7.75. The van der Waals surface area contributed by atoms with Gasteiger partial charge in [-0.2, -0.15) is 43.9 Å². The summed E-state index contributed by atoms with van der Waals surface area (Å²) in [6.07, 6.45) is -16.7. The van der Waals surface area contributed by atoms with Gasteiger partial charge in [0.1, 0.15) is 0 Å². The maximum atomic E-state index is 12.6. The molecule has 2 nitrogen and oxygen atoms in total. The van der Waals surface area contributed by atoms with E-state index in [-0.39, 0.29) is 0 Å². The van der Waals surface area contributed by atoms with Crippen molar-refractivity contribution in [2.75, 3.05) is 0 Å². The third kappa shape index (κ3) is 3.11. The molecule has 106 valence electrons. The lowest BCUT2D eigenvalue weighted by atomic mass is 10.3. The minimum atomic E-state index is -6.67. The summed E-state index contributed by atoms with van der Waals surface area (Å²) in [5.74, 6) is -10.2. The Morgan fingerprint density at radius 3 is 1.44 bits per heavy atom. The van der Waals surface area contributed by atoms with E-state index in [0.29, 0.717) is 0 Å². The van der Waals surface area contributed by atoms with Gasteiger partial charge in [-0.05, 0) is 0 Å². The van der Waals surface area contributed by atoms with E-state index in [4.69, 9.17) is 0 Å². The standard InChI is InChI=1S/C6F10O2/c7-1(2(8)9)5(12,13)18-4(11,3(10)17)6(14,15)16. The van der Waals surface area contributed by atoms with Gasteiger partial charge in [0, 0.05) is 0 Å². The van der Waals surface area contributed by atoms with Crippen LogP contribution in [0.1, 0.15) is 0 Å². The zero-order valence-corrected chi connectivity index (χ0v) is 7.60. The van der Waals surface area contributed by atoms with Crippen molar-refractivity contribution < 1.29 is 53.4 Å². The molecule has 1 unspecified atom stereocenters. The van der Waals surface area contributed by atoms with E-state index in [9.17, 15) is 48.7 Å². The maximum Gasteiger partial charge on any atom is 0.459 e. The van der Waals surface area contributed by atoms with Crippen LogP contribution in [-0.4, -0.2) is 24.2 Å². The number of carbonyl (C=O) groups excluding carboxylic acids is 1. The summed E-state index contributed by atoms with van der Waals surface area (Å²) in [6, 6.07) is -4.11. The van der Waals surface area contributed by atoms with Gasteiger partial charge in [0.2, 0.25) is 0 Å². The number of alkyl halides is 6. The van der Waals surface area contributed by atoms with Crippen molar-refractivity contribution in [3.63, 3.8) is 0 Å². The molecule has 0 aliphatic carbocycles. The number of hydrogen-bond acceptors (Lipinski definition) is 2. The van der Waals surface area contributed by atoms with Crippen LogP contribution in [0.3, 0.4) is 0 Å². The summed E-state index contributed by atoms with van der Waals surface area (Å²) in [7, 11) is 0.